The third-order valence-electron chi connectivity index (χ3n) is 2.58. The van der Waals surface area contributed by atoms with Gasteiger partial charge in [0.25, 0.3) is 0 Å². The van der Waals surface area contributed by atoms with Crippen molar-refractivity contribution in [2.75, 3.05) is 5.73 Å². The van der Waals surface area contributed by atoms with Crippen molar-refractivity contribution in [2.24, 2.45) is 0 Å². The summed E-state index contributed by atoms with van der Waals surface area (Å²) in [5.41, 5.74) is 7.68. The monoisotopic (exact) mass is 262 g/mol. The number of nitrogen functional groups attached to an aromatic ring is 1. The second-order valence-corrected chi connectivity index (χ2v) is 4.21. The van der Waals surface area contributed by atoms with Crippen molar-refractivity contribution in [3.05, 3.63) is 47.5 Å². The Bertz CT molecular complexity index is 738. The third-order valence-corrected chi connectivity index (χ3v) is 2.78. The van der Waals surface area contributed by atoms with Gasteiger partial charge in [-0.2, -0.15) is 5.10 Å². The van der Waals surface area contributed by atoms with Gasteiger partial charge < -0.3 is 5.73 Å². The molecule has 0 aliphatic carbocycles. The van der Waals surface area contributed by atoms with Crippen LogP contribution in [0.5, 0.6) is 0 Å². The Morgan fingerprint density at radius 3 is 2.83 bits per heavy atom. The molecule has 2 aromatic heterocycles. The molecule has 2 heterocycles. The van der Waals surface area contributed by atoms with E-state index in [1.54, 1.807) is 35.0 Å². The fourth-order valence-electron chi connectivity index (χ4n) is 1.70. The highest BCUT2D eigenvalue weighted by molar-refractivity contribution is 6.29. The van der Waals surface area contributed by atoms with E-state index in [0.29, 0.717) is 16.5 Å². The van der Waals surface area contributed by atoms with Gasteiger partial charge in [0.2, 0.25) is 0 Å². The highest BCUT2D eigenvalue weighted by Crippen LogP contribution is 2.23. The predicted molar refractivity (Wildman–Crippen MR) is 67.8 cm³/mol. The molecule has 2 N–H and O–H groups in total. The molecule has 0 unspecified atom stereocenters. The number of imidazole rings is 1. The molecule has 0 aliphatic rings. The van der Waals surface area contributed by atoms with Crippen molar-refractivity contribution in [3.63, 3.8) is 0 Å². The minimum Gasteiger partial charge on any atom is -0.396 e. The molecule has 0 radical (unpaired) electrons. The first-order valence-corrected chi connectivity index (χ1v) is 5.58. The molecule has 0 spiro atoms. The topological polar surface area (TPSA) is 56.2 Å². The quantitative estimate of drug-likeness (QED) is 0.686. The van der Waals surface area contributed by atoms with E-state index in [2.05, 4.69) is 10.1 Å². The summed E-state index contributed by atoms with van der Waals surface area (Å²) in [5, 5.41) is 4.46. The summed E-state index contributed by atoms with van der Waals surface area (Å²) in [4.78, 5) is 4.36. The molecule has 4 nitrogen and oxygen atoms in total. The van der Waals surface area contributed by atoms with Crippen molar-refractivity contribution in [1.29, 1.82) is 0 Å². The predicted octanol–water partition coefficient (Wildman–Crippen LogP) is 2.77. The Kier molecular flexibility index (Phi) is 2.41. The lowest BCUT2D eigenvalue weighted by Gasteiger charge is -1.99. The van der Waals surface area contributed by atoms with Gasteiger partial charge in [-0.15, -0.1) is 0 Å². The smallest absolute Gasteiger partial charge is 0.154 e. The van der Waals surface area contributed by atoms with E-state index in [9.17, 15) is 4.39 Å². The van der Waals surface area contributed by atoms with Crippen LogP contribution in [0.4, 0.5) is 10.1 Å². The maximum atomic E-state index is 13.1. The standard InChI is InChI=1S/C12H8ClFN4/c13-11-3-4-12-16-10(6-18(12)17-11)7-1-2-8(14)9(15)5-7/h1-6H,15H2. The number of halogens is 2. The second-order valence-electron chi connectivity index (χ2n) is 3.82. The van der Waals surface area contributed by atoms with Gasteiger partial charge in [-0.1, -0.05) is 11.6 Å². The number of benzene rings is 1. The van der Waals surface area contributed by atoms with E-state index in [1.165, 1.54) is 6.07 Å². The molecule has 0 bridgehead atoms. The van der Waals surface area contributed by atoms with Crippen molar-refractivity contribution in [1.82, 2.24) is 14.6 Å². The molecule has 1 aromatic carbocycles. The summed E-state index contributed by atoms with van der Waals surface area (Å²) >= 11 is 5.79. The first kappa shape index (κ1) is 11.0. The van der Waals surface area contributed by atoms with Crippen LogP contribution in [0.1, 0.15) is 0 Å². The lowest BCUT2D eigenvalue weighted by molar-refractivity contribution is 0.632. The summed E-state index contributed by atoms with van der Waals surface area (Å²) in [6, 6.07) is 7.89. The maximum Gasteiger partial charge on any atom is 0.154 e. The molecular formula is C12H8ClFN4. The largest absolute Gasteiger partial charge is 0.396 e. The molecule has 0 saturated carbocycles. The number of fused-ring (bicyclic) bond motifs is 1. The Hall–Kier alpha value is -2.14. The maximum absolute atomic E-state index is 13.1. The minimum atomic E-state index is -0.441. The summed E-state index contributed by atoms with van der Waals surface area (Å²) in [6.07, 6.45) is 1.72. The van der Waals surface area contributed by atoms with Crippen LogP contribution in [-0.2, 0) is 0 Å². The van der Waals surface area contributed by atoms with Crippen LogP contribution in [0.2, 0.25) is 5.15 Å². The Morgan fingerprint density at radius 1 is 1.22 bits per heavy atom. The van der Waals surface area contributed by atoms with Crippen LogP contribution >= 0.6 is 11.6 Å². The Morgan fingerprint density at radius 2 is 2.06 bits per heavy atom. The summed E-state index contributed by atoms with van der Waals surface area (Å²) in [7, 11) is 0. The van der Waals surface area contributed by atoms with Crippen LogP contribution in [0, 0.1) is 5.82 Å². The molecule has 0 amide bonds. The van der Waals surface area contributed by atoms with E-state index < -0.39 is 5.82 Å². The second kappa shape index (κ2) is 3.96. The zero-order valence-electron chi connectivity index (χ0n) is 9.14. The van der Waals surface area contributed by atoms with Crippen LogP contribution in [0.25, 0.3) is 16.9 Å². The first-order valence-electron chi connectivity index (χ1n) is 5.21. The number of anilines is 1. The van der Waals surface area contributed by atoms with Crippen molar-refractivity contribution < 1.29 is 4.39 Å². The number of nitrogens with zero attached hydrogens (tertiary/aromatic N) is 3. The summed E-state index contributed by atoms with van der Waals surface area (Å²) in [6.45, 7) is 0. The summed E-state index contributed by atoms with van der Waals surface area (Å²) in [5.74, 6) is -0.441. The van der Waals surface area contributed by atoms with Gasteiger partial charge in [0.1, 0.15) is 11.0 Å². The normalized spacial score (nSPS) is 11.0. The minimum absolute atomic E-state index is 0.0931. The average Bonchev–Trinajstić information content (AvgIpc) is 2.75. The number of rotatable bonds is 1. The van der Waals surface area contributed by atoms with Gasteiger partial charge in [0.05, 0.1) is 17.6 Å². The van der Waals surface area contributed by atoms with Crippen molar-refractivity contribution in [2.45, 2.75) is 0 Å². The van der Waals surface area contributed by atoms with Gasteiger partial charge in [0, 0.05) is 5.56 Å². The zero-order chi connectivity index (χ0) is 12.7. The lowest BCUT2D eigenvalue weighted by atomic mass is 10.1. The number of nitrogens with two attached hydrogens (primary N) is 1. The molecule has 0 aliphatic heterocycles. The van der Waals surface area contributed by atoms with Gasteiger partial charge in [-0.25, -0.2) is 13.9 Å². The molecule has 3 aromatic rings. The highest BCUT2D eigenvalue weighted by atomic mass is 35.5. The summed E-state index contributed by atoms with van der Waals surface area (Å²) < 4.78 is 14.7. The highest BCUT2D eigenvalue weighted by Gasteiger charge is 2.07. The molecule has 0 fully saturated rings. The molecule has 6 heteroatoms. The van der Waals surface area contributed by atoms with Crippen LogP contribution in [-0.4, -0.2) is 14.6 Å². The number of hydrogen-bond donors (Lipinski definition) is 1. The fourth-order valence-corrected chi connectivity index (χ4v) is 1.85. The zero-order valence-corrected chi connectivity index (χ0v) is 9.89. The van der Waals surface area contributed by atoms with E-state index in [1.807, 2.05) is 0 Å². The number of hydrogen-bond acceptors (Lipinski definition) is 3. The number of aromatic nitrogens is 3. The SMILES string of the molecule is Nc1cc(-c2cn3nc(Cl)ccc3n2)ccc1F. The van der Waals surface area contributed by atoms with Crippen LogP contribution < -0.4 is 5.73 Å². The fraction of sp³-hybridized carbons (Fsp3) is 0. The van der Waals surface area contributed by atoms with Gasteiger partial charge in [-0.05, 0) is 30.3 Å². The molecule has 18 heavy (non-hydrogen) atoms. The van der Waals surface area contributed by atoms with E-state index >= 15 is 0 Å². The van der Waals surface area contributed by atoms with Gasteiger partial charge in [0.15, 0.2) is 5.65 Å². The van der Waals surface area contributed by atoms with Gasteiger partial charge >= 0.3 is 0 Å². The van der Waals surface area contributed by atoms with Crippen molar-refractivity contribution in [3.8, 4) is 11.3 Å². The van der Waals surface area contributed by atoms with E-state index in [-0.39, 0.29) is 5.69 Å². The molecule has 0 saturated heterocycles. The molecule has 0 atom stereocenters. The third kappa shape index (κ3) is 1.78. The average molecular weight is 263 g/mol. The first-order chi connectivity index (χ1) is 8.63. The lowest BCUT2D eigenvalue weighted by Crippen LogP contribution is -1.90. The van der Waals surface area contributed by atoms with Crippen LogP contribution in [0.3, 0.4) is 0 Å². The van der Waals surface area contributed by atoms with E-state index in [0.717, 1.165) is 5.56 Å². The van der Waals surface area contributed by atoms with Gasteiger partial charge in [-0.3, -0.25) is 0 Å². The van der Waals surface area contributed by atoms with Crippen LogP contribution in [0.15, 0.2) is 36.5 Å². The Balaban J connectivity index is 2.16. The molecule has 90 valence electrons. The van der Waals surface area contributed by atoms with E-state index in [4.69, 9.17) is 17.3 Å². The molecular weight excluding hydrogens is 255 g/mol. The Labute approximate surface area is 107 Å². The molecule has 3 rings (SSSR count). The van der Waals surface area contributed by atoms with Crippen molar-refractivity contribution >= 4 is 22.9 Å².